The van der Waals surface area contributed by atoms with Crippen LogP contribution in [0.15, 0.2) is 24.3 Å². The van der Waals surface area contributed by atoms with Gasteiger partial charge in [0.1, 0.15) is 0 Å². The molecule has 0 radical (unpaired) electrons. The molecule has 2 atom stereocenters. The van der Waals surface area contributed by atoms with Gasteiger partial charge in [0.05, 0.1) is 33.3 Å². The summed E-state index contributed by atoms with van der Waals surface area (Å²) in [4.78, 5) is 0. The van der Waals surface area contributed by atoms with Crippen LogP contribution in [0.4, 0.5) is 0 Å². The third kappa shape index (κ3) is 7.07. The molecule has 0 saturated carbocycles. The molecule has 0 saturated heterocycles. The predicted octanol–water partition coefficient (Wildman–Crippen LogP) is 9.45. The summed E-state index contributed by atoms with van der Waals surface area (Å²) in [6.45, 7) is 9.34. The molecule has 2 rings (SSSR count). The summed E-state index contributed by atoms with van der Waals surface area (Å²) < 4.78 is 11.7. The van der Waals surface area contributed by atoms with Gasteiger partial charge in [-0.15, -0.1) is 0 Å². The normalized spacial score (nSPS) is 13.7. The van der Waals surface area contributed by atoms with Gasteiger partial charge in [-0.2, -0.15) is 0 Å². The average Bonchev–Trinajstić information content (AvgIpc) is 2.71. The molecule has 0 amide bonds. The van der Waals surface area contributed by atoms with Crippen molar-refractivity contribution in [2.75, 3.05) is 23.9 Å². The lowest BCUT2D eigenvalue weighted by molar-refractivity contribution is 0.274. The molecule has 8 heteroatoms. The lowest BCUT2D eigenvalue weighted by Crippen LogP contribution is -2.20. The first kappa shape index (κ1) is 27.4. The van der Waals surface area contributed by atoms with E-state index < -0.39 is 5.41 Å². The molecule has 0 spiro atoms. The Labute approximate surface area is 222 Å². The quantitative estimate of drug-likeness (QED) is 0.242. The molecule has 0 bridgehead atoms. The highest BCUT2D eigenvalue weighted by Gasteiger charge is 2.28. The minimum absolute atomic E-state index is 0.339. The molecule has 0 heterocycles. The zero-order chi connectivity index (χ0) is 23.3. The number of hydrogen-bond donors (Lipinski definition) is 0. The molecular formula is C23H26Br2Cl4O2. The van der Waals surface area contributed by atoms with Crippen LogP contribution >= 0.6 is 78.3 Å². The van der Waals surface area contributed by atoms with E-state index in [-0.39, 0.29) is 0 Å². The number of hydrogen-bond acceptors (Lipinski definition) is 2. The van der Waals surface area contributed by atoms with Crippen molar-refractivity contribution in [3.05, 3.63) is 55.5 Å². The summed E-state index contributed by atoms with van der Waals surface area (Å²) in [5, 5.41) is 3.56. The van der Waals surface area contributed by atoms with Crippen molar-refractivity contribution in [3.8, 4) is 11.5 Å². The highest BCUT2D eigenvalue weighted by atomic mass is 79.9. The minimum atomic E-state index is -0.454. The molecule has 2 nitrogen and oxygen atoms in total. The third-order valence-corrected chi connectivity index (χ3v) is 8.32. The zero-order valence-electron chi connectivity index (χ0n) is 17.9. The maximum absolute atomic E-state index is 6.53. The Hall–Kier alpha value is 0.160. The maximum atomic E-state index is 6.53. The molecule has 31 heavy (non-hydrogen) atoms. The van der Waals surface area contributed by atoms with Crippen LogP contribution < -0.4 is 9.47 Å². The fraction of sp³-hybridized carbons (Fsp3) is 0.478. The van der Waals surface area contributed by atoms with Gasteiger partial charge in [0, 0.05) is 16.1 Å². The highest BCUT2D eigenvalue weighted by Crippen LogP contribution is 2.44. The Kier molecular flexibility index (Phi) is 10.6. The summed E-state index contributed by atoms with van der Waals surface area (Å²) in [5.41, 5.74) is 1.40. The fourth-order valence-corrected chi connectivity index (χ4v) is 4.39. The Morgan fingerprint density at radius 1 is 0.710 bits per heavy atom. The summed E-state index contributed by atoms with van der Waals surface area (Å²) in [5.74, 6) is 1.67. The van der Waals surface area contributed by atoms with Gasteiger partial charge in [-0.05, 0) is 47.2 Å². The third-order valence-electron chi connectivity index (χ3n) is 4.99. The van der Waals surface area contributed by atoms with Gasteiger partial charge in [0.25, 0.3) is 0 Å². The predicted molar refractivity (Wildman–Crippen MR) is 142 cm³/mol. The topological polar surface area (TPSA) is 18.5 Å². The van der Waals surface area contributed by atoms with E-state index in [4.69, 9.17) is 55.9 Å². The zero-order valence-corrected chi connectivity index (χ0v) is 24.1. The van der Waals surface area contributed by atoms with E-state index in [0.717, 1.165) is 21.8 Å². The summed E-state index contributed by atoms with van der Waals surface area (Å²) in [6.07, 6.45) is 0. The molecule has 0 aliphatic carbocycles. The van der Waals surface area contributed by atoms with Gasteiger partial charge in [-0.25, -0.2) is 0 Å². The van der Waals surface area contributed by atoms with E-state index in [0.29, 0.717) is 56.6 Å². The molecule has 2 aromatic rings. The first-order valence-electron chi connectivity index (χ1n) is 9.87. The smallest absolute Gasteiger partial charge is 0.156 e. The van der Waals surface area contributed by atoms with Gasteiger partial charge < -0.3 is 9.47 Å². The summed E-state index contributed by atoms with van der Waals surface area (Å²) in [7, 11) is 0. The molecule has 0 N–H and O–H groups in total. The van der Waals surface area contributed by atoms with Crippen LogP contribution in [0.2, 0.25) is 20.1 Å². The Balaban J connectivity index is 2.34. The van der Waals surface area contributed by atoms with Crippen LogP contribution in [-0.2, 0) is 5.41 Å². The van der Waals surface area contributed by atoms with Crippen molar-refractivity contribution in [1.29, 1.82) is 0 Å². The largest absolute Gasteiger partial charge is 0.490 e. The Morgan fingerprint density at radius 3 is 1.26 bits per heavy atom. The SMILES string of the molecule is CC(CBr)COc1c(Cl)cc(C(C)(C)c2cc(Cl)c(OCC(C)CBr)c(Cl)c2)cc1Cl. The molecular weight excluding hydrogens is 610 g/mol. The van der Waals surface area contributed by atoms with Gasteiger partial charge in [0.2, 0.25) is 0 Å². The maximum Gasteiger partial charge on any atom is 0.156 e. The van der Waals surface area contributed by atoms with Crippen molar-refractivity contribution >= 4 is 78.3 Å². The molecule has 2 unspecified atom stereocenters. The van der Waals surface area contributed by atoms with Crippen LogP contribution in [0.3, 0.4) is 0 Å². The molecule has 0 aromatic heterocycles. The minimum Gasteiger partial charge on any atom is -0.490 e. The van der Waals surface area contributed by atoms with Gasteiger partial charge >= 0.3 is 0 Å². The van der Waals surface area contributed by atoms with Gasteiger partial charge in [-0.3, -0.25) is 0 Å². The standard InChI is InChI=1S/C23H26Br2Cl4O2/c1-13(9-24)11-30-21-17(26)5-15(6-18(21)27)23(3,4)16-7-19(28)22(20(29)8-16)31-12-14(2)10-25/h5-8,13-14H,9-12H2,1-4H3. The lowest BCUT2D eigenvalue weighted by atomic mass is 9.78. The second-order valence-corrected chi connectivity index (χ2v) is 11.2. The fourth-order valence-electron chi connectivity index (χ4n) is 2.82. The molecule has 0 aliphatic rings. The van der Waals surface area contributed by atoms with Gasteiger partial charge in [-0.1, -0.05) is 106 Å². The van der Waals surface area contributed by atoms with E-state index in [2.05, 4.69) is 59.6 Å². The van der Waals surface area contributed by atoms with Crippen LogP contribution in [-0.4, -0.2) is 23.9 Å². The summed E-state index contributed by atoms with van der Waals surface area (Å²) in [6, 6.07) is 7.52. The van der Waals surface area contributed by atoms with Crippen LogP contribution in [0.5, 0.6) is 11.5 Å². The molecule has 172 valence electrons. The molecule has 0 aliphatic heterocycles. The number of halogens is 6. The molecule has 0 fully saturated rings. The highest BCUT2D eigenvalue weighted by molar-refractivity contribution is 9.09. The summed E-state index contributed by atoms with van der Waals surface area (Å²) >= 11 is 33.0. The number of benzene rings is 2. The van der Waals surface area contributed by atoms with Crippen LogP contribution in [0.1, 0.15) is 38.8 Å². The number of alkyl halides is 2. The lowest BCUT2D eigenvalue weighted by Gasteiger charge is -2.28. The average molecular weight is 636 g/mol. The van der Waals surface area contributed by atoms with Crippen molar-refractivity contribution in [2.24, 2.45) is 11.8 Å². The van der Waals surface area contributed by atoms with Crippen molar-refractivity contribution in [3.63, 3.8) is 0 Å². The first-order valence-corrected chi connectivity index (χ1v) is 13.6. The monoisotopic (exact) mass is 632 g/mol. The van der Waals surface area contributed by atoms with E-state index in [1.165, 1.54) is 0 Å². The van der Waals surface area contributed by atoms with Gasteiger partial charge in [0.15, 0.2) is 11.5 Å². The van der Waals surface area contributed by atoms with E-state index >= 15 is 0 Å². The van der Waals surface area contributed by atoms with Crippen molar-refractivity contribution in [2.45, 2.75) is 33.1 Å². The first-order chi connectivity index (χ1) is 14.5. The Bertz CT molecular complexity index is 788. The number of ether oxygens (including phenoxy) is 2. The van der Waals surface area contributed by atoms with Crippen LogP contribution in [0, 0.1) is 11.8 Å². The Morgan fingerprint density at radius 2 is 1.00 bits per heavy atom. The van der Waals surface area contributed by atoms with Crippen LogP contribution in [0.25, 0.3) is 0 Å². The van der Waals surface area contributed by atoms with E-state index in [1.54, 1.807) is 0 Å². The van der Waals surface area contributed by atoms with E-state index in [1.807, 2.05) is 24.3 Å². The van der Waals surface area contributed by atoms with Crippen molar-refractivity contribution in [1.82, 2.24) is 0 Å². The van der Waals surface area contributed by atoms with Crippen molar-refractivity contribution < 1.29 is 9.47 Å². The van der Waals surface area contributed by atoms with E-state index in [9.17, 15) is 0 Å². The number of rotatable bonds is 10. The second kappa shape index (κ2) is 12.0. The molecule has 2 aromatic carbocycles. The second-order valence-electron chi connectivity index (χ2n) is 8.30.